The van der Waals surface area contributed by atoms with Crippen molar-refractivity contribution in [1.29, 1.82) is 0 Å². The fraction of sp³-hybridized carbons (Fsp3) is 0.400. The lowest BCUT2D eigenvalue weighted by Crippen LogP contribution is -2.14. The molecule has 0 saturated heterocycles. The van der Waals surface area contributed by atoms with Gasteiger partial charge in [0.25, 0.3) is 0 Å². The van der Waals surface area contributed by atoms with E-state index in [9.17, 15) is 0 Å². The predicted molar refractivity (Wildman–Crippen MR) is 183 cm³/mol. The minimum atomic E-state index is 0.669. The van der Waals surface area contributed by atoms with E-state index < -0.39 is 0 Å². The Morgan fingerprint density at radius 3 is 1.33 bits per heavy atom. The molecule has 0 unspecified atom stereocenters. The van der Waals surface area contributed by atoms with E-state index in [1.165, 1.54) is 83.7 Å². The molecule has 42 heavy (non-hydrogen) atoms. The highest BCUT2D eigenvalue weighted by atomic mass is 14.8. The molecule has 214 valence electrons. The van der Waals surface area contributed by atoms with E-state index in [2.05, 4.69) is 94.7 Å². The van der Waals surface area contributed by atoms with Crippen LogP contribution in [0.3, 0.4) is 0 Å². The van der Waals surface area contributed by atoms with Crippen LogP contribution >= 0.6 is 0 Å². The van der Waals surface area contributed by atoms with Crippen molar-refractivity contribution in [3.63, 3.8) is 0 Å². The van der Waals surface area contributed by atoms with Gasteiger partial charge in [-0.15, -0.1) is 12.8 Å². The molecule has 4 aromatic rings. The highest BCUT2D eigenvalue weighted by Crippen LogP contribution is 2.37. The largest absolute Gasteiger partial charge is 0.306 e. The Morgan fingerprint density at radius 1 is 0.476 bits per heavy atom. The van der Waals surface area contributed by atoms with Crippen LogP contribution in [0.15, 0.2) is 48.5 Å². The average Bonchev–Trinajstić information content (AvgIpc) is 3.02. The zero-order valence-corrected chi connectivity index (χ0v) is 25.1. The maximum Gasteiger partial charge on any atom is 0.0573 e. The average molecular weight is 553 g/mol. The van der Waals surface area contributed by atoms with Crippen molar-refractivity contribution in [3.05, 3.63) is 59.7 Å². The van der Waals surface area contributed by atoms with Crippen LogP contribution in [0, 0.1) is 48.4 Å². The lowest BCUT2D eigenvalue weighted by atomic mass is 9.90. The molecule has 0 aliphatic rings. The second-order valence-electron chi connectivity index (χ2n) is 11.0. The van der Waals surface area contributed by atoms with Gasteiger partial charge in [0.05, 0.1) is 13.1 Å². The maximum atomic E-state index is 5.27. The molecule has 0 atom stereocenters. The third kappa shape index (κ3) is 9.04. The summed E-state index contributed by atoms with van der Waals surface area (Å²) in [7, 11) is 0. The number of rotatable bonds is 16. The van der Waals surface area contributed by atoms with E-state index in [1.54, 1.807) is 0 Å². The van der Waals surface area contributed by atoms with Gasteiger partial charge in [-0.05, 0) is 83.2 Å². The van der Waals surface area contributed by atoms with Crippen molar-refractivity contribution >= 4 is 32.3 Å². The van der Waals surface area contributed by atoms with Crippen LogP contribution < -0.4 is 10.6 Å². The van der Waals surface area contributed by atoms with E-state index in [4.69, 9.17) is 12.8 Å². The highest BCUT2D eigenvalue weighted by molar-refractivity contribution is 6.24. The zero-order chi connectivity index (χ0) is 29.2. The first-order chi connectivity index (χ1) is 20.8. The van der Waals surface area contributed by atoms with Gasteiger partial charge in [0, 0.05) is 24.0 Å². The molecule has 0 amide bonds. The molecule has 0 aromatic heterocycles. The third-order valence-electron chi connectivity index (χ3n) is 7.88. The monoisotopic (exact) mass is 552 g/mol. The summed E-state index contributed by atoms with van der Waals surface area (Å²) in [6.07, 6.45) is 24.6. The summed E-state index contributed by atoms with van der Waals surface area (Å²) in [6, 6.07) is 17.8. The van der Waals surface area contributed by atoms with Crippen LogP contribution in [0.4, 0.5) is 0 Å². The van der Waals surface area contributed by atoms with Crippen LogP contribution in [0.5, 0.6) is 0 Å². The van der Waals surface area contributed by atoms with Crippen molar-refractivity contribution in [1.82, 2.24) is 10.6 Å². The van der Waals surface area contributed by atoms with Crippen molar-refractivity contribution in [2.24, 2.45) is 0 Å². The minimum Gasteiger partial charge on any atom is -0.306 e. The summed E-state index contributed by atoms with van der Waals surface area (Å²) in [6.45, 7) is 3.37. The van der Waals surface area contributed by atoms with Gasteiger partial charge < -0.3 is 10.6 Å². The first kappa shape index (κ1) is 31.0. The van der Waals surface area contributed by atoms with Gasteiger partial charge in [0.2, 0.25) is 0 Å². The summed E-state index contributed by atoms with van der Waals surface area (Å²) < 4.78 is 0. The molecular formula is C40H44N2. The van der Waals surface area contributed by atoms with Gasteiger partial charge in [0.1, 0.15) is 0 Å². The maximum absolute atomic E-state index is 5.27. The SMILES string of the molecule is C#CCNCCCCCCCC#Cc1ccc2ccc3c(C#CCCCCCCCNCC#C)ccc4ccc1c2c43. The van der Waals surface area contributed by atoms with E-state index in [-0.39, 0.29) is 0 Å². The van der Waals surface area contributed by atoms with Crippen LogP contribution in [-0.4, -0.2) is 26.2 Å². The number of nitrogens with one attached hydrogen (secondary N) is 2. The summed E-state index contributed by atoms with van der Waals surface area (Å²) >= 11 is 0. The van der Waals surface area contributed by atoms with Gasteiger partial charge in [-0.25, -0.2) is 0 Å². The Balaban J connectivity index is 1.35. The molecule has 0 aliphatic carbocycles. The molecule has 4 aromatic carbocycles. The standard InChI is InChI=1S/C40H44N2/c1-3-29-41-31-17-13-9-5-7-11-15-19-33-21-23-35-26-28-38-34(22-24-36-25-27-37(33)39(35)40(36)38)20-16-12-8-6-10-14-18-32-42-30-4-2/h1-2,21-28,41-42H,5-14,17-18,29-32H2. The molecule has 0 spiro atoms. The fourth-order valence-electron chi connectivity index (χ4n) is 5.64. The summed E-state index contributed by atoms with van der Waals surface area (Å²) in [5.41, 5.74) is 2.25. The first-order valence-electron chi connectivity index (χ1n) is 15.8. The molecule has 4 rings (SSSR count). The molecule has 2 nitrogen and oxygen atoms in total. The van der Waals surface area contributed by atoms with Crippen LogP contribution in [0.2, 0.25) is 0 Å². The molecule has 0 aliphatic heterocycles. The van der Waals surface area contributed by atoms with Crippen molar-refractivity contribution in [2.75, 3.05) is 26.2 Å². The lowest BCUT2D eigenvalue weighted by Gasteiger charge is -2.13. The van der Waals surface area contributed by atoms with Gasteiger partial charge in [-0.3, -0.25) is 0 Å². The normalized spacial score (nSPS) is 10.7. The number of hydrogen-bond donors (Lipinski definition) is 2. The highest BCUT2D eigenvalue weighted by Gasteiger charge is 2.12. The minimum absolute atomic E-state index is 0.669. The summed E-state index contributed by atoms with van der Waals surface area (Å²) in [5, 5.41) is 14.2. The Morgan fingerprint density at radius 2 is 0.881 bits per heavy atom. The number of hydrogen-bond acceptors (Lipinski definition) is 2. The lowest BCUT2D eigenvalue weighted by molar-refractivity contribution is 0.595. The second-order valence-corrected chi connectivity index (χ2v) is 11.0. The molecule has 2 heteroatoms. The molecule has 0 heterocycles. The van der Waals surface area contributed by atoms with Crippen LogP contribution in [0.25, 0.3) is 32.3 Å². The molecule has 0 bridgehead atoms. The van der Waals surface area contributed by atoms with E-state index in [0.717, 1.165) is 49.9 Å². The first-order valence-corrected chi connectivity index (χ1v) is 15.8. The number of unbranched alkanes of at least 4 members (excludes halogenated alkanes) is 10. The van der Waals surface area contributed by atoms with E-state index in [1.807, 2.05) is 0 Å². The fourth-order valence-corrected chi connectivity index (χ4v) is 5.64. The van der Waals surface area contributed by atoms with Gasteiger partial charge in [0.15, 0.2) is 0 Å². The van der Waals surface area contributed by atoms with Crippen LogP contribution in [-0.2, 0) is 0 Å². The van der Waals surface area contributed by atoms with Gasteiger partial charge in [-0.2, -0.15) is 0 Å². The predicted octanol–water partition coefficient (Wildman–Crippen LogP) is 8.41. The van der Waals surface area contributed by atoms with Crippen molar-refractivity contribution in [2.45, 2.75) is 77.0 Å². The second kappa shape index (κ2) is 17.8. The van der Waals surface area contributed by atoms with Gasteiger partial charge in [-0.1, -0.05) is 110 Å². The van der Waals surface area contributed by atoms with Crippen molar-refractivity contribution in [3.8, 4) is 48.4 Å². The van der Waals surface area contributed by atoms with E-state index in [0.29, 0.717) is 13.1 Å². The summed E-state index contributed by atoms with van der Waals surface area (Å²) in [4.78, 5) is 0. The van der Waals surface area contributed by atoms with Crippen LogP contribution in [0.1, 0.15) is 88.2 Å². The number of benzene rings is 4. The topological polar surface area (TPSA) is 24.1 Å². The molecule has 0 radical (unpaired) electrons. The molecule has 0 saturated carbocycles. The van der Waals surface area contributed by atoms with Crippen molar-refractivity contribution < 1.29 is 0 Å². The third-order valence-corrected chi connectivity index (χ3v) is 7.88. The molecule has 0 fully saturated rings. The molecule has 2 N–H and O–H groups in total. The zero-order valence-electron chi connectivity index (χ0n) is 25.1. The number of terminal acetylenes is 2. The Labute approximate surface area is 253 Å². The smallest absolute Gasteiger partial charge is 0.0573 e. The summed E-state index contributed by atoms with van der Waals surface area (Å²) in [5.74, 6) is 19.1. The Bertz CT molecular complexity index is 1500. The van der Waals surface area contributed by atoms with Gasteiger partial charge >= 0.3 is 0 Å². The van der Waals surface area contributed by atoms with E-state index >= 15 is 0 Å². The molecular weight excluding hydrogens is 508 g/mol. The Hall–Kier alpha value is -3.92. The Kier molecular flexibility index (Phi) is 13.1. The quantitative estimate of drug-likeness (QED) is 0.0828.